The third-order valence-corrected chi connectivity index (χ3v) is 4.48. The Morgan fingerprint density at radius 1 is 1.08 bits per heavy atom. The molecule has 0 spiro atoms. The average molecular weight is 417 g/mol. The van der Waals surface area contributed by atoms with Crippen molar-refractivity contribution in [2.75, 3.05) is 14.2 Å². The van der Waals surface area contributed by atoms with Gasteiger partial charge in [-0.3, -0.25) is 9.69 Å². The largest absolute Gasteiger partial charge is 0.497 e. The molecule has 134 valence electrons. The number of rotatable bonds is 5. The van der Waals surface area contributed by atoms with Gasteiger partial charge >= 0.3 is 6.03 Å². The fourth-order valence-electron chi connectivity index (χ4n) is 2.60. The summed E-state index contributed by atoms with van der Waals surface area (Å²) in [5.74, 6) is 0.815. The van der Waals surface area contributed by atoms with Gasteiger partial charge in [0.15, 0.2) is 0 Å². The SMILES string of the molecule is COc1ccc(OC)c(/C=C2/NC(=O)N(Cc3ccc(Br)cc3)C2=O)c1. The number of carbonyl (C=O) groups excluding carboxylic acids is 2. The Hall–Kier alpha value is -2.80. The Kier molecular flexibility index (Phi) is 5.27. The second-order valence-corrected chi connectivity index (χ2v) is 6.53. The van der Waals surface area contributed by atoms with Gasteiger partial charge in [-0.15, -0.1) is 0 Å². The molecule has 0 aromatic heterocycles. The number of halogens is 1. The topological polar surface area (TPSA) is 67.9 Å². The second kappa shape index (κ2) is 7.61. The lowest BCUT2D eigenvalue weighted by Crippen LogP contribution is -2.30. The summed E-state index contributed by atoms with van der Waals surface area (Å²) in [6.45, 7) is 0.199. The van der Waals surface area contributed by atoms with Crippen molar-refractivity contribution in [3.63, 3.8) is 0 Å². The number of ether oxygens (including phenoxy) is 2. The maximum atomic E-state index is 12.6. The van der Waals surface area contributed by atoms with Crippen LogP contribution in [-0.4, -0.2) is 31.1 Å². The van der Waals surface area contributed by atoms with Crippen molar-refractivity contribution in [1.29, 1.82) is 0 Å². The fraction of sp³-hybridized carbons (Fsp3) is 0.158. The molecule has 26 heavy (non-hydrogen) atoms. The first-order valence-corrected chi connectivity index (χ1v) is 8.62. The van der Waals surface area contributed by atoms with Gasteiger partial charge in [-0.25, -0.2) is 4.79 Å². The summed E-state index contributed by atoms with van der Waals surface area (Å²) < 4.78 is 11.4. The standard InChI is InChI=1S/C19H17BrN2O4/c1-25-15-7-8-17(26-2)13(9-15)10-16-18(23)22(19(24)21-16)11-12-3-5-14(20)6-4-12/h3-10H,11H2,1-2H3,(H,21,24)/b16-10+. The van der Waals surface area contributed by atoms with Crippen LogP contribution in [0.5, 0.6) is 11.5 Å². The zero-order valence-corrected chi connectivity index (χ0v) is 15.9. The van der Waals surface area contributed by atoms with Gasteiger partial charge in [0.05, 0.1) is 20.8 Å². The molecule has 1 fully saturated rings. The lowest BCUT2D eigenvalue weighted by atomic mass is 10.1. The first kappa shape index (κ1) is 18.0. The highest BCUT2D eigenvalue weighted by Gasteiger charge is 2.33. The van der Waals surface area contributed by atoms with Crippen molar-refractivity contribution < 1.29 is 19.1 Å². The predicted octanol–water partition coefficient (Wildman–Crippen LogP) is 3.56. The summed E-state index contributed by atoms with van der Waals surface area (Å²) in [6, 6.07) is 12.2. The molecular weight excluding hydrogens is 400 g/mol. The molecule has 0 atom stereocenters. The highest BCUT2D eigenvalue weighted by Crippen LogP contribution is 2.27. The molecule has 3 rings (SSSR count). The van der Waals surface area contributed by atoms with Crippen LogP contribution in [0.4, 0.5) is 4.79 Å². The van der Waals surface area contributed by atoms with Gasteiger partial charge in [0.25, 0.3) is 5.91 Å². The molecule has 2 aromatic carbocycles. The molecule has 1 heterocycles. The minimum absolute atomic E-state index is 0.193. The summed E-state index contributed by atoms with van der Waals surface area (Å²) in [5.41, 5.74) is 1.69. The molecule has 2 aromatic rings. The Balaban J connectivity index is 1.86. The lowest BCUT2D eigenvalue weighted by Gasteiger charge is -2.11. The normalized spacial score (nSPS) is 15.3. The Morgan fingerprint density at radius 3 is 2.46 bits per heavy atom. The molecule has 7 heteroatoms. The summed E-state index contributed by atoms with van der Waals surface area (Å²) in [5, 5.41) is 2.62. The Morgan fingerprint density at radius 2 is 1.81 bits per heavy atom. The molecular formula is C19H17BrN2O4. The summed E-state index contributed by atoms with van der Waals surface area (Å²) in [7, 11) is 3.10. The van der Waals surface area contributed by atoms with Gasteiger partial charge in [0.2, 0.25) is 0 Å². The highest BCUT2D eigenvalue weighted by atomic mass is 79.9. The van der Waals surface area contributed by atoms with Crippen molar-refractivity contribution in [1.82, 2.24) is 10.2 Å². The maximum Gasteiger partial charge on any atom is 0.329 e. The van der Waals surface area contributed by atoms with E-state index >= 15 is 0 Å². The molecule has 0 aliphatic carbocycles. The Labute approximate surface area is 159 Å². The van der Waals surface area contributed by atoms with Crippen molar-refractivity contribution in [2.45, 2.75) is 6.54 Å². The maximum absolute atomic E-state index is 12.6. The van der Waals surface area contributed by atoms with E-state index in [2.05, 4.69) is 21.2 Å². The predicted molar refractivity (Wildman–Crippen MR) is 101 cm³/mol. The Bertz CT molecular complexity index is 878. The van der Waals surface area contributed by atoms with Crippen molar-refractivity contribution >= 4 is 33.9 Å². The lowest BCUT2D eigenvalue weighted by molar-refractivity contribution is -0.123. The second-order valence-electron chi connectivity index (χ2n) is 5.61. The smallest absolute Gasteiger partial charge is 0.329 e. The van der Waals surface area contributed by atoms with Gasteiger partial charge in [-0.05, 0) is 42.0 Å². The number of methoxy groups -OCH3 is 2. The van der Waals surface area contributed by atoms with Gasteiger partial charge in [-0.2, -0.15) is 0 Å². The molecule has 1 aliphatic heterocycles. The molecule has 0 bridgehead atoms. The molecule has 0 radical (unpaired) electrons. The van der Waals surface area contributed by atoms with Crippen LogP contribution in [0, 0.1) is 0 Å². The number of benzene rings is 2. The number of nitrogens with zero attached hydrogens (tertiary/aromatic N) is 1. The molecule has 6 nitrogen and oxygen atoms in total. The van der Waals surface area contributed by atoms with E-state index in [1.165, 1.54) is 4.90 Å². The molecule has 3 amide bonds. The monoisotopic (exact) mass is 416 g/mol. The number of hydrogen-bond acceptors (Lipinski definition) is 4. The minimum atomic E-state index is -0.453. The van der Waals surface area contributed by atoms with E-state index in [4.69, 9.17) is 9.47 Å². The van der Waals surface area contributed by atoms with Gasteiger partial charge < -0.3 is 14.8 Å². The quantitative estimate of drug-likeness (QED) is 0.597. The number of urea groups is 1. The van der Waals surface area contributed by atoms with Crippen LogP contribution in [0.2, 0.25) is 0 Å². The van der Waals surface area contributed by atoms with Gasteiger partial charge in [-0.1, -0.05) is 28.1 Å². The number of amides is 3. The molecule has 0 saturated carbocycles. The number of hydrogen-bond donors (Lipinski definition) is 1. The van der Waals surface area contributed by atoms with E-state index in [-0.39, 0.29) is 18.1 Å². The van der Waals surface area contributed by atoms with Crippen molar-refractivity contribution in [3.8, 4) is 11.5 Å². The summed E-state index contributed by atoms with van der Waals surface area (Å²) in [4.78, 5) is 26.0. The number of carbonyl (C=O) groups is 2. The highest BCUT2D eigenvalue weighted by molar-refractivity contribution is 9.10. The van der Waals surface area contributed by atoms with E-state index in [1.54, 1.807) is 38.5 Å². The minimum Gasteiger partial charge on any atom is -0.497 e. The van der Waals surface area contributed by atoms with Crippen LogP contribution in [0.15, 0.2) is 52.6 Å². The van der Waals surface area contributed by atoms with E-state index in [9.17, 15) is 9.59 Å². The third kappa shape index (κ3) is 3.72. The van der Waals surface area contributed by atoms with Crippen molar-refractivity contribution in [2.24, 2.45) is 0 Å². The van der Waals surface area contributed by atoms with Crippen LogP contribution in [0.1, 0.15) is 11.1 Å². The summed E-state index contributed by atoms with van der Waals surface area (Å²) >= 11 is 3.36. The fourth-order valence-corrected chi connectivity index (χ4v) is 2.86. The number of imide groups is 1. The molecule has 1 aliphatic rings. The summed E-state index contributed by atoms with van der Waals surface area (Å²) in [6.07, 6.45) is 1.59. The third-order valence-electron chi connectivity index (χ3n) is 3.95. The molecule has 1 saturated heterocycles. The van der Waals surface area contributed by atoms with E-state index in [1.807, 2.05) is 24.3 Å². The van der Waals surface area contributed by atoms with Gasteiger partial charge in [0.1, 0.15) is 17.2 Å². The number of nitrogens with one attached hydrogen (secondary N) is 1. The van der Waals surface area contributed by atoms with Crippen LogP contribution in [0.3, 0.4) is 0 Å². The van der Waals surface area contributed by atoms with Crippen LogP contribution >= 0.6 is 15.9 Å². The van der Waals surface area contributed by atoms with E-state index in [0.29, 0.717) is 17.1 Å². The average Bonchev–Trinajstić information content (AvgIpc) is 2.90. The zero-order valence-electron chi connectivity index (χ0n) is 14.3. The molecule has 0 unspecified atom stereocenters. The van der Waals surface area contributed by atoms with Crippen LogP contribution < -0.4 is 14.8 Å². The first-order valence-electron chi connectivity index (χ1n) is 7.83. The van der Waals surface area contributed by atoms with E-state index in [0.717, 1.165) is 10.0 Å². The van der Waals surface area contributed by atoms with Crippen LogP contribution in [0.25, 0.3) is 6.08 Å². The zero-order chi connectivity index (χ0) is 18.7. The van der Waals surface area contributed by atoms with Gasteiger partial charge in [0, 0.05) is 10.0 Å². The first-order chi connectivity index (χ1) is 12.5. The van der Waals surface area contributed by atoms with E-state index < -0.39 is 6.03 Å². The van der Waals surface area contributed by atoms with Crippen LogP contribution in [-0.2, 0) is 11.3 Å². The molecule has 1 N–H and O–H groups in total. The van der Waals surface area contributed by atoms with Crippen molar-refractivity contribution in [3.05, 3.63) is 63.8 Å².